The fourth-order valence-electron chi connectivity index (χ4n) is 5.21. The van der Waals surface area contributed by atoms with E-state index in [1.54, 1.807) is 6.92 Å². The quantitative estimate of drug-likeness (QED) is 0.633. The molecule has 0 bridgehead atoms. The van der Waals surface area contributed by atoms with E-state index in [1.807, 2.05) is 31.2 Å². The molecule has 2 aromatic rings. The van der Waals surface area contributed by atoms with E-state index in [1.165, 1.54) is 4.90 Å². The third-order valence-corrected chi connectivity index (χ3v) is 7.08. The number of amides is 2. The molecule has 2 N–H and O–H groups in total. The van der Waals surface area contributed by atoms with E-state index < -0.39 is 24.1 Å². The lowest BCUT2D eigenvalue weighted by atomic mass is 9.88. The van der Waals surface area contributed by atoms with E-state index in [9.17, 15) is 19.5 Å². The fourth-order valence-corrected chi connectivity index (χ4v) is 5.21. The molecule has 4 rings (SSSR count). The van der Waals surface area contributed by atoms with Crippen LogP contribution in [0.25, 0.3) is 11.1 Å². The number of hydrogen-bond donors (Lipinski definition) is 2. The number of ether oxygens (including phenoxy) is 1. The lowest BCUT2D eigenvalue weighted by Gasteiger charge is -2.37. The molecule has 3 atom stereocenters. The summed E-state index contributed by atoms with van der Waals surface area (Å²) in [4.78, 5) is 38.5. The second-order valence-electron chi connectivity index (χ2n) is 9.31. The number of aliphatic carboxylic acids is 1. The first-order chi connectivity index (χ1) is 16.4. The highest BCUT2D eigenvalue weighted by Crippen LogP contribution is 2.44. The summed E-state index contributed by atoms with van der Waals surface area (Å²) < 4.78 is 5.56. The van der Waals surface area contributed by atoms with E-state index in [2.05, 4.69) is 29.6 Å². The van der Waals surface area contributed by atoms with Crippen molar-refractivity contribution in [2.24, 2.45) is 5.92 Å². The molecule has 0 spiro atoms. The molecule has 2 amide bonds. The van der Waals surface area contributed by atoms with Gasteiger partial charge in [0.1, 0.15) is 12.6 Å². The molecule has 7 nitrogen and oxygen atoms in total. The summed E-state index contributed by atoms with van der Waals surface area (Å²) in [6.07, 6.45) is 1.64. The van der Waals surface area contributed by atoms with Crippen LogP contribution in [-0.4, -0.2) is 53.2 Å². The van der Waals surface area contributed by atoms with Crippen molar-refractivity contribution in [2.45, 2.75) is 57.5 Å². The summed E-state index contributed by atoms with van der Waals surface area (Å²) in [6, 6.07) is 15.0. The minimum absolute atomic E-state index is 0.0325. The van der Waals surface area contributed by atoms with Crippen molar-refractivity contribution in [2.75, 3.05) is 13.2 Å². The minimum atomic E-state index is -0.969. The summed E-state index contributed by atoms with van der Waals surface area (Å²) in [5.41, 5.74) is 4.58. The second kappa shape index (κ2) is 10.3. The Kier molecular flexibility index (Phi) is 7.20. The number of fused-ring (bicyclic) bond motifs is 3. The summed E-state index contributed by atoms with van der Waals surface area (Å²) in [5.74, 6) is -0.940. The van der Waals surface area contributed by atoms with E-state index in [0.29, 0.717) is 18.9 Å². The highest BCUT2D eigenvalue weighted by atomic mass is 16.5. The van der Waals surface area contributed by atoms with Gasteiger partial charge >= 0.3 is 12.1 Å². The van der Waals surface area contributed by atoms with Crippen molar-refractivity contribution in [1.82, 2.24) is 10.2 Å². The predicted octanol–water partition coefficient (Wildman–Crippen LogP) is 4.41. The highest BCUT2D eigenvalue weighted by Gasteiger charge is 2.36. The second-order valence-corrected chi connectivity index (χ2v) is 9.31. The van der Waals surface area contributed by atoms with Crippen LogP contribution >= 0.6 is 0 Å². The van der Waals surface area contributed by atoms with Gasteiger partial charge < -0.3 is 20.1 Å². The maximum atomic E-state index is 12.8. The van der Waals surface area contributed by atoms with Gasteiger partial charge in [-0.2, -0.15) is 0 Å². The van der Waals surface area contributed by atoms with Crippen LogP contribution in [0.2, 0.25) is 0 Å². The van der Waals surface area contributed by atoms with Crippen LogP contribution in [0.1, 0.15) is 56.6 Å². The fraction of sp³-hybridized carbons (Fsp3) is 0.444. The van der Waals surface area contributed by atoms with E-state index in [4.69, 9.17) is 4.74 Å². The molecular weight excluding hydrogens is 432 g/mol. The molecule has 0 radical (unpaired) electrons. The highest BCUT2D eigenvalue weighted by molar-refractivity contribution is 5.84. The lowest BCUT2D eigenvalue weighted by Crippen LogP contribution is -2.51. The van der Waals surface area contributed by atoms with Crippen molar-refractivity contribution in [3.63, 3.8) is 0 Å². The normalized spacial score (nSPS) is 20.2. The molecule has 2 aliphatic rings. The molecule has 7 heteroatoms. The number of likely N-dealkylation sites (tertiary alicyclic amines) is 1. The van der Waals surface area contributed by atoms with Crippen LogP contribution in [0.15, 0.2) is 48.5 Å². The summed E-state index contributed by atoms with van der Waals surface area (Å²) >= 11 is 0. The number of benzene rings is 2. The smallest absolute Gasteiger partial charge is 0.407 e. The van der Waals surface area contributed by atoms with Gasteiger partial charge in [-0.25, -0.2) is 9.59 Å². The van der Waals surface area contributed by atoms with Crippen molar-refractivity contribution in [3.05, 3.63) is 59.7 Å². The van der Waals surface area contributed by atoms with E-state index in [-0.39, 0.29) is 24.9 Å². The Morgan fingerprint density at radius 1 is 1.09 bits per heavy atom. The number of hydrogen-bond acceptors (Lipinski definition) is 4. The Bertz CT molecular complexity index is 1020. The zero-order valence-electron chi connectivity index (χ0n) is 19.7. The molecule has 0 saturated carbocycles. The zero-order valence-corrected chi connectivity index (χ0v) is 19.7. The van der Waals surface area contributed by atoms with Gasteiger partial charge in [0.2, 0.25) is 5.91 Å². The third kappa shape index (κ3) is 4.93. The first-order valence-corrected chi connectivity index (χ1v) is 12.0. The van der Waals surface area contributed by atoms with Gasteiger partial charge in [-0.05, 0) is 47.9 Å². The Morgan fingerprint density at radius 3 is 2.29 bits per heavy atom. The van der Waals surface area contributed by atoms with Crippen LogP contribution < -0.4 is 5.32 Å². The Morgan fingerprint density at radius 2 is 1.71 bits per heavy atom. The molecule has 1 saturated heterocycles. The summed E-state index contributed by atoms with van der Waals surface area (Å²) in [5, 5.41) is 12.3. The number of carboxylic acid groups (broad SMARTS) is 1. The summed E-state index contributed by atoms with van der Waals surface area (Å²) in [6.45, 7) is 4.41. The molecule has 34 heavy (non-hydrogen) atoms. The monoisotopic (exact) mass is 464 g/mol. The average Bonchev–Trinajstić information content (AvgIpc) is 3.15. The molecule has 2 unspecified atom stereocenters. The number of carboxylic acids is 1. The van der Waals surface area contributed by atoms with Crippen LogP contribution in [0, 0.1) is 5.92 Å². The summed E-state index contributed by atoms with van der Waals surface area (Å²) in [7, 11) is 0. The van der Waals surface area contributed by atoms with E-state index >= 15 is 0 Å². The largest absolute Gasteiger partial charge is 0.480 e. The first-order valence-electron chi connectivity index (χ1n) is 12.0. The van der Waals surface area contributed by atoms with Crippen molar-refractivity contribution in [1.29, 1.82) is 0 Å². The topological polar surface area (TPSA) is 95.9 Å². The van der Waals surface area contributed by atoms with Crippen molar-refractivity contribution in [3.8, 4) is 11.1 Å². The average molecular weight is 465 g/mol. The first kappa shape index (κ1) is 23.8. The number of piperidine rings is 1. The Balaban J connectivity index is 1.32. The van der Waals surface area contributed by atoms with Gasteiger partial charge in [-0.1, -0.05) is 61.9 Å². The Labute approximate surface area is 200 Å². The minimum Gasteiger partial charge on any atom is -0.480 e. The van der Waals surface area contributed by atoms with Gasteiger partial charge in [0.25, 0.3) is 0 Å². The molecule has 1 aliphatic carbocycles. The van der Waals surface area contributed by atoms with Crippen LogP contribution in [-0.2, 0) is 14.3 Å². The number of alkyl carbamates (subject to hydrolysis) is 1. The number of carbonyl (C=O) groups is 3. The predicted molar refractivity (Wildman–Crippen MR) is 128 cm³/mol. The molecule has 1 heterocycles. The number of rotatable bonds is 7. The van der Waals surface area contributed by atoms with Crippen LogP contribution in [0.3, 0.4) is 0 Å². The van der Waals surface area contributed by atoms with Crippen LogP contribution in [0.5, 0.6) is 0 Å². The third-order valence-electron chi connectivity index (χ3n) is 7.08. The van der Waals surface area contributed by atoms with Gasteiger partial charge in [0.15, 0.2) is 0 Å². The maximum absolute atomic E-state index is 12.8. The van der Waals surface area contributed by atoms with Gasteiger partial charge in [0, 0.05) is 24.9 Å². The standard InChI is InChI=1S/C27H32N2O5/c1-3-18-12-13-29(24(15-18)26(31)32)25(30)14-17(2)28-27(33)34-16-23-21-10-6-4-8-19(21)20-9-5-7-11-22(20)23/h4-11,17-18,23-24H,3,12-16H2,1-2H3,(H,28,33)(H,31,32)/t17-,18?,24?/m0/s1. The van der Waals surface area contributed by atoms with Crippen molar-refractivity contribution < 1.29 is 24.2 Å². The van der Waals surface area contributed by atoms with Crippen LogP contribution in [0.4, 0.5) is 4.79 Å². The zero-order chi connectivity index (χ0) is 24.2. The maximum Gasteiger partial charge on any atom is 0.407 e. The molecule has 1 aliphatic heterocycles. The van der Waals surface area contributed by atoms with Crippen molar-refractivity contribution >= 4 is 18.0 Å². The molecule has 1 fully saturated rings. The number of nitrogens with zero attached hydrogens (tertiary/aromatic N) is 1. The van der Waals surface area contributed by atoms with E-state index in [0.717, 1.165) is 35.1 Å². The van der Waals surface area contributed by atoms with Gasteiger partial charge in [0.05, 0.1) is 0 Å². The number of carbonyl (C=O) groups excluding carboxylic acids is 2. The lowest BCUT2D eigenvalue weighted by molar-refractivity contribution is -0.153. The van der Waals surface area contributed by atoms with Gasteiger partial charge in [-0.3, -0.25) is 4.79 Å². The molecule has 0 aromatic heterocycles. The number of nitrogens with one attached hydrogen (secondary N) is 1. The Hall–Kier alpha value is -3.35. The molecule has 2 aromatic carbocycles. The van der Waals surface area contributed by atoms with Gasteiger partial charge in [-0.15, -0.1) is 0 Å². The molecule has 180 valence electrons. The SMILES string of the molecule is CCC1CCN(C(=O)C[C@H](C)NC(=O)OCC2c3ccccc3-c3ccccc32)C(C(=O)O)C1. The molecular formula is C27H32N2O5.